The molecule has 0 aliphatic carbocycles. The molecule has 0 bridgehead atoms. The number of hydrogen-bond acceptors (Lipinski definition) is 4. The molecule has 0 saturated carbocycles. The van der Waals surface area contributed by atoms with Crippen molar-refractivity contribution in [2.75, 3.05) is 36.0 Å². The minimum Gasteiger partial charge on any atom is -0.365 e. The molecule has 1 unspecified atom stereocenters. The Morgan fingerprint density at radius 1 is 1.21 bits per heavy atom. The number of ether oxygens (including phenoxy) is 1. The van der Waals surface area contributed by atoms with Crippen molar-refractivity contribution in [1.29, 1.82) is 0 Å². The Labute approximate surface area is 145 Å². The molecule has 1 amide bonds. The van der Waals surface area contributed by atoms with Gasteiger partial charge in [-0.25, -0.2) is 4.98 Å². The topological polar surface area (TPSA) is 45.7 Å². The summed E-state index contributed by atoms with van der Waals surface area (Å²) in [4.78, 5) is 21.1. The summed E-state index contributed by atoms with van der Waals surface area (Å²) in [6, 6.07) is 11.7. The SMILES string of the molecule is O=C(C1CN(c2ncccc2Cl)CCO1)N1CCc2ccccc21. The Balaban J connectivity index is 1.53. The second-order valence-corrected chi connectivity index (χ2v) is 6.39. The molecule has 1 aromatic heterocycles. The molecule has 0 N–H and O–H groups in total. The summed E-state index contributed by atoms with van der Waals surface area (Å²) in [7, 11) is 0. The predicted octanol–water partition coefficient (Wildman–Crippen LogP) is 2.53. The molecule has 4 rings (SSSR count). The van der Waals surface area contributed by atoms with Crippen molar-refractivity contribution in [2.45, 2.75) is 12.5 Å². The van der Waals surface area contributed by atoms with Crippen LogP contribution in [0, 0.1) is 0 Å². The quantitative estimate of drug-likeness (QED) is 0.840. The monoisotopic (exact) mass is 343 g/mol. The third-order valence-electron chi connectivity index (χ3n) is 4.53. The Morgan fingerprint density at radius 2 is 2.08 bits per heavy atom. The molecule has 1 atom stereocenters. The number of hydrogen-bond donors (Lipinski definition) is 0. The summed E-state index contributed by atoms with van der Waals surface area (Å²) < 4.78 is 5.76. The van der Waals surface area contributed by atoms with Crippen molar-refractivity contribution in [2.24, 2.45) is 0 Å². The maximum absolute atomic E-state index is 12.9. The van der Waals surface area contributed by atoms with Gasteiger partial charge >= 0.3 is 0 Å². The number of benzene rings is 1. The first kappa shape index (κ1) is 15.4. The van der Waals surface area contributed by atoms with Crippen molar-refractivity contribution in [3.63, 3.8) is 0 Å². The van der Waals surface area contributed by atoms with Crippen molar-refractivity contribution >= 4 is 29.0 Å². The Kier molecular flexibility index (Phi) is 4.12. The largest absolute Gasteiger partial charge is 0.365 e. The number of pyridine rings is 1. The van der Waals surface area contributed by atoms with Gasteiger partial charge in [0.15, 0.2) is 6.10 Å². The number of carbonyl (C=O) groups is 1. The summed E-state index contributed by atoms with van der Waals surface area (Å²) in [5.41, 5.74) is 2.21. The van der Waals surface area contributed by atoms with Gasteiger partial charge in [0.1, 0.15) is 5.82 Å². The Bertz CT molecular complexity index is 767. The fourth-order valence-electron chi connectivity index (χ4n) is 3.34. The molecule has 1 aromatic carbocycles. The van der Waals surface area contributed by atoms with Crippen LogP contribution in [0.25, 0.3) is 0 Å². The fraction of sp³-hybridized carbons (Fsp3) is 0.333. The van der Waals surface area contributed by atoms with Crippen LogP contribution in [0.1, 0.15) is 5.56 Å². The Hall–Kier alpha value is -2.11. The van der Waals surface area contributed by atoms with E-state index in [1.54, 1.807) is 12.3 Å². The number of anilines is 2. The minimum absolute atomic E-state index is 0.0108. The molecule has 1 saturated heterocycles. The van der Waals surface area contributed by atoms with E-state index < -0.39 is 6.10 Å². The van der Waals surface area contributed by atoms with E-state index in [4.69, 9.17) is 16.3 Å². The van der Waals surface area contributed by atoms with Gasteiger partial charge in [0.05, 0.1) is 18.2 Å². The van der Waals surface area contributed by atoms with Crippen LogP contribution < -0.4 is 9.80 Å². The lowest BCUT2D eigenvalue weighted by Gasteiger charge is -2.35. The lowest BCUT2D eigenvalue weighted by Crippen LogP contribution is -2.51. The van der Waals surface area contributed by atoms with E-state index in [-0.39, 0.29) is 5.91 Å². The standard InChI is InChI=1S/C18H18ClN3O2/c19-14-5-3-8-20-17(14)21-10-11-24-16(12-21)18(23)22-9-7-13-4-1-2-6-15(13)22/h1-6,8,16H,7,9-12H2. The van der Waals surface area contributed by atoms with Crippen LogP contribution in [-0.2, 0) is 16.0 Å². The summed E-state index contributed by atoms with van der Waals surface area (Å²) in [5.74, 6) is 0.721. The molecule has 6 heteroatoms. The van der Waals surface area contributed by atoms with Gasteiger partial charge in [-0.05, 0) is 30.2 Å². The summed E-state index contributed by atoms with van der Waals surface area (Å²) in [5, 5.41) is 0.595. The lowest BCUT2D eigenvalue weighted by molar-refractivity contribution is -0.130. The van der Waals surface area contributed by atoms with Gasteiger partial charge in [-0.2, -0.15) is 0 Å². The minimum atomic E-state index is -0.497. The van der Waals surface area contributed by atoms with E-state index in [2.05, 4.69) is 11.1 Å². The first-order valence-electron chi connectivity index (χ1n) is 8.10. The van der Waals surface area contributed by atoms with Crippen LogP contribution in [0.15, 0.2) is 42.6 Å². The number of amides is 1. The zero-order valence-electron chi connectivity index (χ0n) is 13.2. The van der Waals surface area contributed by atoms with Crippen LogP contribution in [0.3, 0.4) is 0 Å². The average molecular weight is 344 g/mol. The molecule has 3 heterocycles. The number of morpholine rings is 1. The van der Waals surface area contributed by atoms with Crippen molar-refractivity contribution in [1.82, 2.24) is 4.98 Å². The van der Waals surface area contributed by atoms with Crippen LogP contribution >= 0.6 is 11.6 Å². The van der Waals surface area contributed by atoms with Crippen LogP contribution in [-0.4, -0.2) is 43.2 Å². The fourth-order valence-corrected chi connectivity index (χ4v) is 3.58. The molecular weight excluding hydrogens is 326 g/mol. The maximum atomic E-state index is 12.9. The molecule has 2 aliphatic heterocycles. The first-order chi connectivity index (χ1) is 11.7. The van der Waals surface area contributed by atoms with Crippen LogP contribution in [0.5, 0.6) is 0 Å². The summed E-state index contributed by atoms with van der Waals surface area (Å²) >= 11 is 6.24. The molecule has 0 spiro atoms. The molecule has 2 aromatic rings. The van der Waals surface area contributed by atoms with E-state index in [9.17, 15) is 4.79 Å². The van der Waals surface area contributed by atoms with Crippen molar-refractivity contribution < 1.29 is 9.53 Å². The van der Waals surface area contributed by atoms with E-state index in [0.717, 1.165) is 12.1 Å². The molecule has 124 valence electrons. The van der Waals surface area contributed by atoms with Crippen molar-refractivity contribution in [3.8, 4) is 0 Å². The number of fused-ring (bicyclic) bond motifs is 1. The number of para-hydroxylation sites is 1. The summed E-state index contributed by atoms with van der Waals surface area (Å²) in [6.07, 6.45) is 2.11. The molecule has 5 nitrogen and oxygen atoms in total. The highest BCUT2D eigenvalue weighted by Crippen LogP contribution is 2.30. The average Bonchev–Trinajstić information content (AvgIpc) is 3.06. The van der Waals surface area contributed by atoms with E-state index in [1.807, 2.05) is 34.1 Å². The second-order valence-electron chi connectivity index (χ2n) is 5.98. The highest BCUT2D eigenvalue weighted by molar-refractivity contribution is 6.32. The smallest absolute Gasteiger partial charge is 0.257 e. The molecule has 0 radical (unpaired) electrons. The van der Waals surface area contributed by atoms with Gasteiger partial charge in [0, 0.05) is 25.0 Å². The molecule has 2 aliphatic rings. The van der Waals surface area contributed by atoms with E-state index >= 15 is 0 Å². The van der Waals surface area contributed by atoms with E-state index in [0.29, 0.717) is 37.1 Å². The van der Waals surface area contributed by atoms with Gasteiger partial charge in [-0.15, -0.1) is 0 Å². The molecule has 1 fully saturated rings. The van der Waals surface area contributed by atoms with Crippen LogP contribution in [0.2, 0.25) is 5.02 Å². The first-order valence-corrected chi connectivity index (χ1v) is 8.48. The van der Waals surface area contributed by atoms with Gasteiger partial charge in [0.25, 0.3) is 5.91 Å². The Morgan fingerprint density at radius 3 is 2.96 bits per heavy atom. The number of carbonyl (C=O) groups excluding carboxylic acids is 1. The number of halogens is 1. The second kappa shape index (κ2) is 6.42. The van der Waals surface area contributed by atoms with Gasteiger partial charge < -0.3 is 14.5 Å². The van der Waals surface area contributed by atoms with Gasteiger partial charge in [0.2, 0.25) is 0 Å². The zero-order valence-corrected chi connectivity index (χ0v) is 13.9. The number of aromatic nitrogens is 1. The number of nitrogens with zero attached hydrogens (tertiary/aromatic N) is 3. The van der Waals surface area contributed by atoms with E-state index in [1.165, 1.54) is 5.56 Å². The van der Waals surface area contributed by atoms with Crippen LogP contribution in [0.4, 0.5) is 11.5 Å². The van der Waals surface area contributed by atoms with Crippen molar-refractivity contribution in [3.05, 3.63) is 53.2 Å². The highest BCUT2D eigenvalue weighted by atomic mass is 35.5. The molecule has 24 heavy (non-hydrogen) atoms. The molecular formula is C18H18ClN3O2. The normalized spacial score (nSPS) is 20.1. The lowest BCUT2D eigenvalue weighted by atomic mass is 10.2. The van der Waals surface area contributed by atoms with Gasteiger partial charge in [-0.3, -0.25) is 4.79 Å². The van der Waals surface area contributed by atoms with Gasteiger partial charge in [-0.1, -0.05) is 29.8 Å². The number of rotatable bonds is 2. The summed E-state index contributed by atoms with van der Waals surface area (Å²) in [6.45, 7) is 2.34. The maximum Gasteiger partial charge on any atom is 0.257 e. The third-order valence-corrected chi connectivity index (χ3v) is 4.83. The predicted molar refractivity (Wildman–Crippen MR) is 93.7 cm³/mol. The third kappa shape index (κ3) is 2.74. The zero-order chi connectivity index (χ0) is 16.5. The highest BCUT2D eigenvalue weighted by Gasteiger charge is 2.34.